The van der Waals surface area contributed by atoms with Crippen molar-refractivity contribution < 1.29 is 13.9 Å². The molecule has 0 unspecified atom stereocenters. The number of fused-ring (bicyclic) bond motifs is 2. The zero-order valence-electron chi connectivity index (χ0n) is 23.6. The molecule has 210 valence electrons. The molecule has 0 atom stereocenters. The highest BCUT2D eigenvalue weighted by Crippen LogP contribution is 2.24. The third-order valence-electron chi connectivity index (χ3n) is 7.22. The van der Waals surface area contributed by atoms with Gasteiger partial charge in [0.15, 0.2) is 0 Å². The van der Waals surface area contributed by atoms with E-state index in [0.29, 0.717) is 6.54 Å². The lowest BCUT2D eigenvalue weighted by molar-refractivity contribution is 0.0261. The summed E-state index contributed by atoms with van der Waals surface area (Å²) in [6.45, 7) is 9.08. The summed E-state index contributed by atoms with van der Waals surface area (Å²) >= 11 is 0. The predicted octanol–water partition coefficient (Wildman–Crippen LogP) is 7.05. The number of nitrogens with one attached hydrogen (secondary N) is 3. The van der Waals surface area contributed by atoms with E-state index in [0.717, 1.165) is 61.7 Å². The van der Waals surface area contributed by atoms with E-state index in [4.69, 9.17) is 4.74 Å². The van der Waals surface area contributed by atoms with Gasteiger partial charge in [0.25, 0.3) is 0 Å². The summed E-state index contributed by atoms with van der Waals surface area (Å²) in [5.41, 5.74) is 6.82. The maximum atomic E-state index is 13.2. The van der Waals surface area contributed by atoms with Crippen LogP contribution in [-0.2, 0) is 17.6 Å². The first-order valence-electron chi connectivity index (χ1n) is 14.1. The first kappa shape index (κ1) is 27.7. The number of halogens is 1. The molecule has 1 amide bonds. The van der Waals surface area contributed by atoms with Gasteiger partial charge in [0.05, 0.1) is 0 Å². The van der Waals surface area contributed by atoms with E-state index in [1.165, 1.54) is 33.7 Å². The quantitative estimate of drug-likeness (QED) is 0.242. The van der Waals surface area contributed by atoms with Crippen LogP contribution in [0, 0.1) is 5.82 Å². The Hall–Kier alpha value is -3.84. The molecule has 2 aliphatic heterocycles. The molecule has 0 saturated carbocycles. The molecule has 6 nitrogen and oxygen atoms in total. The van der Waals surface area contributed by atoms with E-state index < -0.39 is 5.60 Å². The zero-order valence-corrected chi connectivity index (χ0v) is 23.6. The van der Waals surface area contributed by atoms with E-state index in [1.54, 1.807) is 17.0 Å². The van der Waals surface area contributed by atoms with Crippen LogP contribution in [0.2, 0.25) is 0 Å². The second kappa shape index (κ2) is 12.1. The average molecular weight is 543 g/mol. The topological polar surface area (TPSA) is 73.1 Å². The Balaban J connectivity index is 0.000000168. The lowest BCUT2D eigenvalue weighted by Gasteiger charge is -2.30. The minimum atomic E-state index is -0.449. The number of carbonyl (C=O) groups is 1. The minimum Gasteiger partial charge on any atom is -0.444 e. The Morgan fingerprint density at radius 2 is 1.62 bits per heavy atom. The largest absolute Gasteiger partial charge is 0.444 e. The fourth-order valence-electron chi connectivity index (χ4n) is 5.32. The van der Waals surface area contributed by atoms with Gasteiger partial charge in [0, 0.05) is 53.8 Å². The number of aromatic amines is 2. The number of aromatic nitrogens is 2. The van der Waals surface area contributed by atoms with Gasteiger partial charge in [-0.15, -0.1) is 0 Å². The van der Waals surface area contributed by atoms with Crippen molar-refractivity contribution in [2.24, 2.45) is 0 Å². The Morgan fingerprint density at radius 3 is 2.38 bits per heavy atom. The van der Waals surface area contributed by atoms with Gasteiger partial charge in [-0.25, -0.2) is 9.18 Å². The standard InChI is InChI=1S/C19H24N2O2.C14H15FN2/c1-19(2,3)23-18(22)21-10-6-7-14(13-21)11-15-12-20-17-9-5-4-8-16(15)17;15-12-3-4-14-13(7-12)11(9-17-14)6-10-2-1-5-16-8-10/h4-5,7-9,12,20H,6,10-11,13H2,1-3H3;2-4,7,9,16-17H,1,5-6,8H2. The van der Waals surface area contributed by atoms with Crippen LogP contribution < -0.4 is 5.32 Å². The van der Waals surface area contributed by atoms with Crippen molar-refractivity contribution in [2.45, 2.75) is 52.1 Å². The van der Waals surface area contributed by atoms with Crippen LogP contribution >= 0.6 is 0 Å². The van der Waals surface area contributed by atoms with Crippen LogP contribution in [0.15, 0.2) is 78.2 Å². The number of para-hydroxylation sites is 1. The number of hydrogen-bond donors (Lipinski definition) is 3. The molecule has 0 spiro atoms. The molecular formula is C33H39FN4O2. The molecule has 2 aromatic carbocycles. The monoisotopic (exact) mass is 542 g/mol. The van der Waals surface area contributed by atoms with Crippen molar-refractivity contribution in [1.29, 1.82) is 0 Å². The second-order valence-corrected chi connectivity index (χ2v) is 11.6. The Labute approximate surface area is 235 Å². The fraction of sp³-hybridized carbons (Fsp3) is 0.364. The van der Waals surface area contributed by atoms with Crippen molar-refractivity contribution in [1.82, 2.24) is 20.2 Å². The SMILES string of the molecule is CC(C)(C)OC(=O)N1CCC=C(Cc2c[nH]c3ccccc23)C1.Fc1ccc2[nH]cc(CC3=CCCNC3)c2c1. The number of amides is 1. The summed E-state index contributed by atoms with van der Waals surface area (Å²) in [6, 6.07) is 13.2. The van der Waals surface area contributed by atoms with Crippen molar-refractivity contribution in [3.05, 3.63) is 95.1 Å². The molecular weight excluding hydrogens is 503 g/mol. The molecule has 0 fully saturated rings. The zero-order chi connectivity index (χ0) is 28.1. The lowest BCUT2D eigenvalue weighted by atomic mass is 10.0. The average Bonchev–Trinajstić information content (AvgIpc) is 3.53. The predicted molar refractivity (Wildman–Crippen MR) is 160 cm³/mol. The molecule has 4 heterocycles. The highest BCUT2D eigenvalue weighted by atomic mass is 19.1. The van der Waals surface area contributed by atoms with E-state index in [1.807, 2.05) is 33.0 Å². The highest BCUT2D eigenvalue weighted by molar-refractivity contribution is 5.84. The van der Waals surface area contributed by atoms with Crippen molar-refractivity contribution >= 4 is 27.9 Å². The van der Waals surface area contributed by atoms with Gasteiger partial charge in [-0.1, -0.05) is 41.5 Å². The van der Waals surface area contributed by atoms with Gasteiger partial charge < -0.3 is 24.9 Å². The number of nitrogens with zero attached hydrogens (tertiary/aromatic N) is 1. The first-order valence-corrected chi connectivity index (χ1v) is 14.1. The van der Waals surface area contributed by atoms with Gasteiger partial charge in [-0.3, -0.25) is 0 Å². The van der Waals surface area contributed by atoms with Crippen LogP contribution in [0.3, 0.4) is 0 Å². The van der Waals surface area contributed by atoms with Gasteiger partial charge in [-0.05, 0) is 88.4 Å². The smallest absolute Gasteiger partial charge is 0.410 e. The van der Waals surface area contributed by atoms with E-state index >= 15 is 0 Å². The molecule has 2 aromatic heterocycles. The maximum Gasteiger partial charge on any atom is 0.410 e. The summed E-state index contributed by atoms with van der Waals surface area (Å²) in [7, 11) is 0. The first-order chi connectivity index (χ1) is 19.2. The highest BCUT2D eigenvalue weighted by Gasteiger charge is 2.24. The van der Waals surface area contributed by atoms with Gasteiger partial charge in [0.2, 0.25) is 0 Å². The van der Waals surface area contributed by atoms with Crippen molar-refractivity contribution in [3.63, 3.8) is 0 Å². The number of carbonyl (C=O) groups excluding carboxylic acids is 1. The number of hydrogen-bond acceptors (Lipinski definition) is 3. The molecule has 2 aliphatic rings. The molecule has 6 rings (SSSR count). The number of H-pyrrole nitrogens is 2. The summed E-state index contributed by atoms with van der Waals surface area (Å²) in [5.74, 6) is -0.172. The minimum absolute atomic E-state index is 0.172. The number of benzene rings is 2. The number of rotatable bonds is 4. The van der Waals surface area contributed by atoms with Crippen LogP contribution in [0.4, 0.5) is 9.18 Å². The fourth-order valence-corrected chi connectivity index (χ4v) is 5.32. The Morgan fingerprint density at radius 1 is 0.925 bits per heavy atom. The van der Waals surface area contributed by atoms with E-state index in [9.17, 15) is 9.18 Å². The third kappa shape index (κ3) is 7.02. The van der Waals surface area contributed by atoms with Crippen LogP contribution in [0.5, 0.6) is 0 Å². The van der Waals surface area contributed by atoms with Gasteiger partial charge >= 0.3 is 6.09 Å². The molecule has 0 saturated heterocycles. The molecule has 40 heavy (non-hydrogen) atoms. The summed E-state index contributed by atoms with van der Waals surface area (Å²) in [4.78, 5) is 20.5. The summed E-state index contributed by atoms with van der Waals surface area (Å²) in [6.07, 6.45) is 12.1. The lowest BCUT2D eigenvalue weighted by Crippen LogP contribution is -2.40. The maximum absolute atomic E-state index is 13.2. The number of ether oxygens (including phenoxy) is 1. The Bertz CT molecular complexity index is 1540. The van der Waals surface area contributed by atoms with Crippen molar-refractivity contribution in [3.8, 4) is 0 Å². The van der Waals surface area contributed by atoms with Crippen LogP contribution in [0.1, 0.15) is 44.7 Å². The van der Waals surface area contributed by atoms with Crippen LogP contribution in [0.25, 0.3) is 21.8 Å². The Kier molecular flexibility index (Phi) is 8.40. The van der Waals surface area contributed by atoms with Gasteiger partial charge in [-0.2, -0.15) is 0 Å². The molecule has 7 heteroatoms. The molecule has 0 bridgehead atoms. The van der Waals surface area contributed by atoms with Gasteiger partial charge in [0.1, 0.15) is 11.4 Å². The summed E-state index contributed by atoms with van der Waals surface area (Å²) < 4.78 is 18.7. The molecule has 0 radical (unpaired) electrons. The van der Waals surface area contributed by atoms with Crippen molar-refractivity contribution in [2.75, 3.05) is 26.2 Å². The van der Waals surface area contributed by atoms with E-state index in [2.05, 4.69) is 51.8 Å². The van der Waals surface area contributed by atoms with E-state index in [-0.39, 0.29) is 11.9 Å². The second-order valence-electron chi connectivity index (χ2n) is 11.6. The molecule has 4 aromatic rings. The third-order valence-corrected chi connectivity index (χ3v) is 7.22. The van der Waals surface area contributed by atoms with Crippen LogP contribution in [-0.4, -0.2) is 52.7 Å². The normalized spacial score (nSPS) is 15.8. The molecule has 3 N–H and O–H groups in total. The summed E-state index contributed by atoms with van der Waals surface area (Å²) in [5, 5.41) is 5.60. The molecule has 0 aliphatic carbocycles.